The van der Waals surface area contributed by atoms with Gasteiger partial charge in [0.05, 0.1) is 12.6 Å². The van der Waals surface area contributed by atoms with Crippen LogP contribution in [0.2, 0.25) is 0 Å². The van der Waals surface area contributed by atoms with Crippen molar-refractivity contribution in [2.24, 2.45) is 0 Å². The van der Waals surface area contributed by atoms with E-state index in [4.69, 9.17) is 4.74 Å². The van der Waals surface area contributed by atoms with Gasteiger partial charge in [-0.1, -0.05) is 0 Å². The molecule has 0 aromatic heterocycles. The van der Waals surface area contributed by atoms with E-state index in [2.05, 4.69) is 10.2 Å². The zero-order valence-corrected chi connectivity index (χ0v) is 13.1. The molecule has 3 N–H and O–H groups in total. The number of rotatable bonds is 4. The fourth-order valence-corrected chi connectivity index (χ4v) is 2.62. The largest absolute Gasteiger partial charge is 0.508 e. The Morgan fingerprint density at radius 1 is 1.29 bits per heavy atom. The summed E-state index contributed by atoms with van der Waals surface area (Å²) in [5.74, 6) is 0.915. The molecule has 1 aliphatic heterocycles. The smallest absolute Gasteiger partial charge is 0.120 e. The third-order valence-corrected chi connectivity index (χ3v) is 3.55. The Hall–Kier alpha value is -1.30. The van der Waals surface area contributed by atoms with Gasteiger partial charge < -0.3 is 20.3 Å². The number of aromatic hydroxyl groups is 1. The lowest BCUT2D eigenvalue weighted by atomic mass is 10.0. The molecule has 2 rings (SSSR count). The third kappa shape index (κ3) is 4.33. The molecule has 0 radical (unpaired) electrons. The van der Waals surface area contributed by atoms with Crippen molar-refractivity contribution in [3.8, 4) is 11.5 Å². The minimum atomic E-state index is -0.294. The van der Waals surface area contributed by atoms with Gasteiger partial charge in [-0.25, -0.2) is 0 Å². The van der Waals surface area contributed by atoms with Crippen molar-refractivity contribution in [1.29, 1.82) is 0 Å². The number of hydrogen-bond acceptors (Lipinski definition) is 5. The van der Waals surface area contributed by atoms with Crippen molar-refractivity contribution in [1.82, 2.24) is 10.2 Å². The first kappa shape index (κ1) is 16.1. The standard InChI is InChI=1S/C16H26N2O3/c1-16(2,3)21-12-4-5-15(20)13(10-12)14(11-19)18-8-6-17-7-9-18/h4-5,10,14,17,19-20H,6-9,11H2,1-3H3/t14-/m1/s1. The van der Waals surface area contributed by atoms with E-state index >= 15 is 0 Å². The van der Waals surface area contributed by atoms with Gasteiger partial charge in [-0.05, 0) is 39.0 Å². The van der Waals surface area contributed by atoms with Crippen LogP contribution in [-0.2, 0) is 0 Å². The zero-order valence-electron chi connectivity index (χ0n) is 13.1. The van der Waals surface area contributed by atoms with Crippen LogP contribution in [-0.4, -0.2) is 53.5 Å². The minimum Gasteiger partial charge on any atom is -0.508 e. The number of ether oxygens (including phenoxy) is 1. The number of aliphatic hydroxyl groups excluding tert-OH is 1. The SMILES string of the molecule is CC(C)(C)Oc1ccc(O)c([C@@H](CO)N2CCNCC2)c1. The second-order valence-corrected chi connectivity index (χ2v) is 6.42. The minimum absolute atomic E-state index is 0.0213. The highest BCUT2D eigenvalue weighted by Gasteiger charge is 2.24. The second-order valence-electron chi connectivity index (χ2n) is 6.42. The van der Waals surface area contributed by atoms with Crippen LogP contribution in [0.15, 0.2) is 18.2 Å². The maximum absolute atomic E-state index is 10.2. The molecule has 0 spiro atoms. The van der Waals surface area contributed by atoms with Crippen molar-refractivity contribution in [3.63, 3.8) is 0 Å². The molecule has 1 aliphatic rings. The highest BCUT2D eigenvalue weighted by Crippen LogP contribution is 2.33. The van der Waals surface area contributed by atoms with Crippen LogP contribution in [0.25, 0.3) is 0 Å². The molecule has 0 bridgehead atoms. The summed E-state index contributed by atoms with van der Waals surface area (Å²) in [5, 5.41) is 23.2. The van der Waals surface area contributed by atoms with Crippen LogP contribution >= 0.6 is 0 Å². The van der Waals surface area contributed by atoms with Gasteiger partial charge in [0.1, 0.15) is 17.1 Å². The summed E-state index contributed by atoms with van der Waals surface area (Å²) >= 11 is 0. The molecule has 0 saturated carbocycles. The van der Waals surface area contributed by atoms with Gasteiger partial charge in [0.2, 0.25) is 0 Å². The van der Waals surface area contributed by atoms with Gasteiger partial charge >= 0.3 is 0 Å². The van der Waals surface area contributed by atoms with Crippen LogP contribution in [0.3, 0.4) is 0 Å². The quantitative estimate of drug-likeness (QED) is 0.785. The first-order valence-electron chi connectivity index (χ1n) is 7.48. The maximum Gasteiger partial charge on any atom is 0.120 e. The van der Waals surface area contributed by atoms with Crippen LogP contribution in [0, 0.1) is 0 Å². The predicted octanol–water partition coefficient (Wildman–Crippen LogP) is 1.51. The number of piperazine rings is 1. The Bertz CT molecular complexity index is 465. The normalized spacial score (nSPS) is 18.5. The molecule has 1 aromatic carbocycles. The van der Waals surface area contributed by atoms with Crippen molar-refractivity contribution in [3.05, 3.63) is 23.8 Å². The van der Waals surface area contributed by atoms with Crippen molar-refractivity contribution < 1.29 is 14.9 Å². The van der Waals surface area contributed by atoms with E-state index in [0.717, 1.165) is 31.7 Å². The summed E-state index contributed by atoms with van der Waals surface area (Å²) in [5.41, 5.74) is 0.430. The number of phenols is 1. The first-order chi connectivity index (χ1) is 9.90. The Kier molecular flexibility index (Phi) is 5.08. The highest BCUT2D eigenvalue weighted by molar-refractivity contribution is 5.41. The Labute approximate surface area is 126 Å². The zero-order chi connectivity index (χ0) is 15.5. The van der Waals surface area contributed by atoms with Crippen molar-refractivity contribution in [2.45, 2.75) is 32.4 Å². The summed E-state index contributed by atoms with van der Waals surface area (Å²) < 4.78 is 5.86. The molecule has 1 saturated heterocycles. The summed E-state index contributed by atoms with van der Waals surface area (Å²) in [6, 6.07) is 5.04. The van der Waals surface area contributed by atoms with E-state index in [1.54, 1.807) is 12.1 Å². The van der Waals surface area contributed by atoms with Gasteiger partial charge in [0.25, 0.3) is 0 Å². The number of nitrogens with zero attached hydrogens (tertiary/aromatic N) is 1. The summed E-state index contributed by atoms with van der Waals surface area (Å²) in [4.78, 5) is 2.19. The molecule has 5 nitrogen and oxygen atoms in total. The molecule has 1 heterocycles. The van der Waals surface area contributed by atoms with E-state index in [0.29, 0.717) is 5.75 Å². The summed E-state index contributed by atoms with van der Waals surface area (Å²) in [6.45, 7) is 9.44. The molecule has 21 heavy (non-hydrogen) atoms. The number of hydrogen-bond donors (Lipinski definition) is 3. The van der Waals surface area contributed by atoms with Crippen molar-refractivity contribution in [2.75, 3.05) is 32.8 Å². The van der Waals surface area contributed by atoms with Crippen LogP contribution in [0.1, 0.15) is 32.4 Å². The van der Waals surface area contributed by atoms with Gasteiger partial charge in [-0.15, -0.1) is 0 Å². The summed E-state index contributed by atoms with van der Waals surface area (Å²) in [7, 11) is 0. The van der Waals surface area contributed by atoms with Gasteiger partial charge in [0.15, 0.2) is 0 Å². The molecule has 5 heteroatoms. The number of nitrogens with one attached hydrogen (secondary N) is 1. The molecular formula is C16H26N2O3. The first-order valence-corrected chi connectivity index (χ1v) is 7.48. The molecule has 118 valence electrons. The third-order valence-electron chi connectivity index (χ3n) is 3.55. The Balaban J connectivity index is 2.24. The van der Waals surface area contributed by atoms with Gasteiger partial charge in [0, 0.05) is 31.7 Å². The van der Waals surface area contributed by atoms with E-state index in [9.17, 15) is 10.2 Å². The van der Waals surface area contributed by atoms with Gasteiger partial charge in [-0.3, -0.25) is 4.90 Å². The average Bonchev–Trinajstić information content (AvgIpc) is 2.43. The van der Waals surface area contributed by atoms with E-state index in [1.807, 2.05) is 26.8 Å². The topological polar surface area (TPSA) is 65.0 Å². The number of aliphatic hydroxyl groups is 1. The predicted molar refractivity (Wildman–Crippen MR) is 82.8 cm³/mol. The van der Waals surface area contributed by atoms with Crippen LogP contribution < -0.4 is 10.1 Å². The van der Waals surface area contributed by atoms with E-state index in [-0.39, 0.29) is 24.0 Å². The van der Waals surface area contributed by atoms with Crippen LogP contribution in [0.5, 0.6) is 11.5 Å². The molecule has 0 aliphatic carbocycles. The second kappa shape index (κ2) is 6.64. The van der Waals surface area contributed by atoms with Crippen LogP contribution in [0.4, 0.5) is 0 Å². The Morgan fingerprint density at radius 3 is 2.52 bits per heavy atom. The van der Waals surface area contributed by atoms with E-state index < -0.39 is 0 Å². The highest BCUT2D eigenvalue weighted by atomic mass is 16.5. The lowest BCUT2D eigenvalue weighted by molar-refractivity contribution is 0.107. The molecule has 1 fully saturated rings. The molecule has 1 atom stereocenters. The number of benzene rings is 1. The average molecular weight is 294 g/mol. The molecular weight excluding hydrogens is 268 g/mol. The molecule has 0 amide bonds. The summed E-state index contributed by atoms with van der Waals surface area (Å²) in [6.07, 6.45) is 0. The number of phenolic OH excluding ortho intramolecular Hbond substituents is 1. The van der Waals surface area contributed by atoms with E-state index in [1.165, 1.54) is 0 Å². The fraction of sp³-hybridized carbons (Fsp3) is 0.625. The lowest BCUT2D eigenvalue weighted by Crippen LogP contribution is -2.46. The Morgan fingerprint density at radius 2 is 1.95 bits per heavy atom. The maximum atomic E-state index is 10.2. The lowest BCUT2D eigenvalue weighted by Gasteiger charge is -2.34. The molecule has 1 aromatic rings. The monoisotopic (exact) mass is 294 g/mol. The molecule has 0 unspecified atom stereocenters. The van der Waals surface area contributed by atoms with Gasteiger partial charge in [-0.2, -0.15) is 0 Å². The fourth-order valence-electron chi connectivity index (χ4n) is 2.62. The van der Waals surface area contributed by atoms with Crippen molar-refractivity contribution >= 4 is 0 Å².